The van der Waals surface area contributed by atoms with Gasteiger partial charge in [-0.2, -0.15) is 0 Å². The van der Waals surface area contributed by atoms with Crippen LogP contribution >= 0.6 is 0 Å². The number of rotatable bonds is 5. The topological polar surface area (TPSA) is 63.4 Å². The summed E-state index contributed by atoms with van der Waals surface area (Å²) in [7, 11) is 0. The molecule has 0 heterocycles. The van der Waals surface area contributed by atoms with E-state index in [4.69, 9.17) is 0 Å². The molecule has 4 heteroatoms. The summed E-state index contributed by atoms with van der Waals surface area (Å²) < 4.78 is 0. The predicted octanol–water partition coefficient (Wildman–Crippen LogP) is 3.60. The first-order valence-electron chi connectivity index (χ1n) is 6.24. The van der Waals surface area contributed by atoms with E-state index in [1.807, 2.05) is 30.3 Å². The Balaban J connectivity index is 2.42. The molecule has 0 unspecified atom stereocenters. The predicted molar refractivity (Wildman–Crippen MR) is 77.4 cm³/mol. The standard InChI is InChI=1S/C16H15NO3/c1-2-13(12-8-4-3-5-9-12)16(18)14-10-6-7-11-15(14)17(19)20/h2-11,13,16,18H,1H2/t13-,16+/m1/s1. The van der Waals surface area contributed by atoms with Crippen LogP contribution in [0.2, 0.25) is 0 Å². The molecule has 0 aromatic heterocycles. The third kappa shape index (κ3) is 2.75. The Labute approximate surface area is 117 Å². The van der Waals surface area contributed by atoms with Crippen molar-refractivity contribution in [2.24, 2.45) is 0 Å². The molecule has 20 heavy (non-hydrogen) atoms. The lowest BCUT2D eigenvalue weighted by Crippen LogP contribution is -2.10. The SMILES string of the molecule is C=C[C@H](c1ccccc1)[C@H](O)c1ccccc1[N+](=O)[O-]. The molecule has 0 amide bonds. The molecule has 2 rings (SSSR count). The molecule has 0 radical (unpaired) electrons. The van der Waals surface area contributed by atoms with Crippen molar-refractivity contribution in [3.63, 3.8) is 0 Å². The Kier molecular flexibility index (Phi) is 4.27. The fourth-order valence-electron chi connectivity index (χ4n) is 2.22. The maximum absolute atomic E-state index is 11.0. The number of para-hydroxylation sites is 1. The van der Waals surface area contributed by atoms with Gasteiger partial charge >= 0.3 is 0 Å². The monoisotopic (exact) mass is 269 g/mol. The molecule has 2 atom stereocenters. The number of aliphatic hydroxyl groups excluding tert-OH is 1. The van der Waals surface area contributed by atoms with Crippen LogP contribution < -0.4 is 0 Å². The van der Waals surface area contributed by atoms with Crippen LogP contribution in [0, 0.1) is 10.1 Å². The third-order valence-electron chi connectivity index (χ3n) is 3.23. The van der Waals surface area contributed by atoms with Crippen molar-refractivity contribution < 1.29 is 10.0 Å². The van der Waals surface area contributed by atoms with Gasteiger partial charge < -0.3 is 5.11 Å². The fourth-order valence-corrected chi connectivity index (χ4v) is 2.22. The van der Waals surface area contributed by atoms with Gasteiger partial charge in [0.25, 0.3) is 5.69 Å². The van der Waals surface area contributed by atoms with Crippen LogP contribution in [0.1, 0.15) is 23.1 Å². The molecule has 4 nitrogen and oxygen atoms in total. The highest BCUT2D eigenvalue weighted by Crippen LogP contribution is 2.35. The van der Waals surface area contributed by atoms with Crippen molar-refractivity contribution >= 4 is 5.69 Å². The molecule has 0 saturated carbocycles. The van der Waals surface area contributed by atoms with Crippen molar-refractivity contribution in [3.05, 3.63) is 88.5 Å². The minimum Gasteiger partial charge on any atom is -0.387 e. The first-order chi connectivity index (χ1) is 9.65. The molecule has 0 bridgehead atoms. The lowest BCUT2D eigenvalue weighted by Gasteiger charge is -2.20. The van der Waals surface area contributed by atoms with Crippen LogP contribution in [0.3, 0.4) is 0 Å². The molecule has 0 aliphatic heterocycles. The summed E-state index contributed by atoms with van der Waals surface area (Å²) in [6.45, 7) is 3.73. The van der Waals surface area contributed by atoms with Gasteiger partial charge in [-0.1, -0.05) is 48.5 Å². The number of nitro groups is 1. The second-order valence-electron chi connectivity index (χ2n) is 4.43. The molecule has 0 fully saturated rings. The summed E-state index contributed by atoms with van der Waals surface area (Å²) in [5.41, 5.74) is 1.09. The quantitative estimate of drug-likeness (QED) is 0.512. The van der Waals surface area contributed by atoms with E-state index >= 15 is 0 Å². The van der Waals surface area contributed by atoms with E-state index in [0.29, 0.717) is 5.56 Å². The van der Waals surface area contributed by atoms with Crippen LogP contribution in [-0.4, -0.2) is 10.0 Å². The molecule has 2 aromatic rings. The Bertz CT molecular complexity index is 610. The summed E-state index contributed by atoms with van der Waals surface area (Å²) in [5, 5.41) is 21.5. The van der Waals surface area contributed by atoms with Crippen molar-refractivity contribution in [2.45, 2.75) is 12.0 Å². The van der Waals surface area contributed by atoms with Crippen molar-refractivity contribution in [3.8, 4) is 0 Å². The lowest BCUT2D eigenvalue weighted by molar-refractivity contribution is -0.386. The summed E-state index contributed by atoms with van der Waals surface area (Å²) in [6.07, 6.45) is 0.605. The van der Waals surface area contributed by atoms with Crippen LogP contribution in [0.25, 0.3) is 0 Å². The fraction of sp³-hybridized carbons (Fsp3) is 0.125. The maximum Gasteiger partial charge on any atom is 0.275 e. The molecular weight excluding hydrogens is 254 g/mol. The van der Waals surface area contributed by atoms with E-state index in [2.05, 4.69) is 6.58 Å². The second-order valence-corrected chi connectivity index (χ2v) is 4.43. The Morgan fingerprint density at radius 3 is 2.30 bits per heavy atom. The molecule has 0 spiro atoms. The molecule has 0 aliphatic carbocycles. The minimum absolute atomic E-state index is 0.0808. The van der Waals surface area contributed by atoms with Gasteiger partial charge in [0.05, 0.1) is 16.6 Å². The zero-order chi connectivity index (χ0) is 14.5. The average molecular weight is 269 g/mol. The number of benzene rings is 2. The highest BCUT2D eigenvalue weighted by atomic mass is 16.6. The van der Waals surface area contributed by atoms with Gasteiger partial charge in [-0.3, -0.25) is 10.1 Å². The number of hydrogen-bond acceptors (Lipinski definition) is 3. The summed E-state index contributed by atoms with van der Waals surface area (Å²) in [5.74, 6) is -0.391. The molecule has 0 saturated heterocycles. The van der Waals surface area contributed by atoms with E-state index in [1.54, 1.807) is 24.3 Å². The Hall–Kier alpha value is -2.46. The van der Waals surface area contributed by atoms with Crippen LogP contribution in [0.15, 0.2) is 67.3 Å². The Morgan fingerprint density at radius 2 is 1.70 bits per heavy atom. The lowest BCUT2D eigenvalue weighted by atomic mass is 9.88. The number of aliphatic hydroxyl groups is 1. The minimum atomic E-state index is -1.00. The molecule has 1 N–H and O–H groups in total. The zero-order valence-corrected chi connectivity index (χ0v) is 10.8. The maximum atomic E-state index is 11.0. The molecule has 102 valence electrons. The molecular formula is C16H15NO3. The van der Waals surface area contributed by atoms with Gasteiger partial charge in [0.15, 0.2) is 0 Å². The van der Waals surface area contributed by atoms with Crippen molar-refractivity contribution in [1.82, 2.24) is 0 Å². The Morgan fingerprint density at radius 1 is 1.10 bits per heavy atom. The molecule has 2 aromatic carbocycles. The van der Waals surface area contributed by atoms with Gasteiger partial charge in [-0.25, -0.2) is 0 Å². The van der Waals surface area contributed by atoms with Crippen molar-refractivity contribution in [1.29, 1.82) is 0 Å². The second kappa shape index (κ2) is 6.12. The number of nitro benzene ring substituents is 1. The zero-order valence-electron chi connectivity index (χ0n) is 10.8. The normalized spacial score (nSPS) is 13.4. The highest BCUT2D eigenvalue weighted by molar-refractivity contribution is 5.43. The number of nitrogens with zero attached hydrogens (tertiary/aromatic N) is 1. The summed E-state index contributed by atoms with van der Waals surface area (Å²) in [4.78, 5) is 10.6. The van der Waals surface area contributed by atoms with Crippen LogP contribution in [0.4, 0.5) is 5.69 Å². The van der Waals surface area contributed by atoms with E-state index in [0.717, 1.165) is 5.56 Å². The van der Waals surface area contributed by atoms with Gasteiger partial charge in [0.1, 0.15) is 0 Å². The van der Waals surface area contributed by atoms with Crippen LogP contribution in [0.5, 0.6) is 0 Å². The van der Waals surface area contributed by atoms with Gasteiger partial charge in [0, 0.05) is 12.0 Å². The van der Waals surface area contributed by atoms with E-state index in [1.165, 1.54) is 6.07 Å². The smallest absolute Gasteiger partial charge is 0.275 e. The average Bonchev–Trinajstić information content (AvgIpc) is 2.49. The van der Waals surface area contributed by atoms with Crippen LogP contribution in [-0.2, 0) is 0 Å². The summed E-state index contributed by atoms with van der Waals surface area (Å²) in [6, 6.07) is 15.5. The highest BCUT2D eigenvalue weighted by Gasteiger charge is 2.26. The third-order valence-corrected chi connectivity index (χ3v) is 3.23. The summed E-state index contributed by atoms with van der Waals surface area (Å²) >= 11 is 0. The van der Waals surface area contributed by atoms with E-state index in [-0.39, 0.29) is 5.69 Å². The first kappa shape index (κ1) is 14.0. The van der Waals surface area contributed by atoms with E-state index < -0.39 is 16.9 Å². The van der Waals surface area contributed by atoms with Gasteiger partial charge in [-0.05, 0) is 11.6 Å². The molecule has 0 aliphatic rings. The van der Waals surface area contributed by atoms with E-state index in [9.17, 15) is 15.2 Å². The first-order valence-corrected chi connectivity index (χ1v) is 6.24. The van der Waals surface area contributed by atoms with Crippen molar-refractivity contribution in [2.75, 3.05) is 0 Å². The largest absolute Gasteiger partial charge is 0.387 e. The van der Waals surface area contributed by atoms with Gasteiger partial charge in [0.2, 0.25) is 0 Å². The number of hydrogen-bond donors (Lipinski definition) is 1. The van der Waals surface area contributed by atoms with Gasteiger partial charge in [-0.15, -0.1) is 6.58 Å².